The average molecular weight is 545 g/mol. The number of hydrogen-bond donors (Lipinski definition) is 0. The average Bonchev–Trinajstić information content (AvgIpc) is 2.84. The molecule has 5 nitrogen and oxygen atoms in total. The Morgan fingerprint density at radius 1 is 1.09 bits per heavy atom. The van der Waals surface area contributed by atoms with E-state index < -0.39 is 0 Å². The summed E-state index contributed by atoms with van der Waals surface area (Å²) in [5.41, 5.74) is 3.47. The summed E-state index contributed by atoms with van der Waals surface area (Å²) in [4.78, 5) is 15.7. The molecule has 4 rings (SSSR count). The fourth-order valence-corrected chi connectivity index (χ4v) is 6.02. The standard InChI is InChI=1S/C29H38BrNO4/c1-18(2)23-11-6-19(3)14-26(23)35-29(32)31-13-12-21-16-27(33-4)28(34-5)17-24(21)25(31)15-20-7-9-22(30)10-8-20/h7-10,16-19,23,25-26H,6,11-15H2,1-5H3/t19?,23-,25?,26+/m1/s1. The lowest BCUT2D eigenvalue weighted by molar-refractivity contribution is -0.0167. The number of nitrogens with zero attached hydrogens (tertiary/aromatic N) is 1. The Hall–Kier alpha value is -2.21. The Kier molecular flexibility index (Phi) is 8.31. The van der Waals surface area contributed by atoms with Gasteiger partial charge in [0.05, 0.1) is 20.3 Å². The lowest BCUT2D eigenvalue weighted by atomic mass is 9.75. The van der Waals surface area contributed by atoms with Crippen molar-refractivity contribution in [2.75, 3.05) is 20.8 Å². The van der Waals surface area contributed by atoms with E-state index >= 15 is 0 Å². The van der Waals surface area contributed by atoms with E-state index in [9.17, 15) is 4.79 Å². The number of ether oxygens (including phenoxy) is 3. The van der Waals surface area contributed by atoms with Crippen molar-refractivity contribution in [3.05, 3.63) is 57.6 Å². The topological polar surface area (TPSA) is 48.0 Å². The van der Waals surface area contributed by atoms with Gasteiger partial charge in [-0.3, -0.25) is 0 Å². The summed E-state index contributed by atoms with van der Waals surface area (Å²) in [6, 6.07) is 12.3. The Balaban J connectivity index is 1.65. The van der Waals surface area contributed by atoms with Crippen LogP contribution in [0.25, 0.3) is 0 Å². The molecule has 190 valence electrons. The molecular weight excluding hydrogens is 506 g/mol. The summed E-state index contributed by atoms with van der Waals surface area (Å²) in [5.74, 6) is 2.91. The zero-order chi connectivity index (χ0) is 25.1. The van der Waals surface area contributed by atoms with Gasteiger partial charge in [0.15, 0.2) is 11.5 Å². The van der Waals surface area contributed by atoms with Crippen molar-refractivity contribution < 1.29 is 19.0 Å². The summed E-state index contributed by atoms with van der Waals surface area (Å²) >= 11 is 3.53. The largest absolute Gasteiger partial charge is 0.493 e. The summed E-state index contributed by atoms with van der Waals surface area (Å²) in [6.07, 6.45) is 4.53. The van der Waals surface area contributed by atoms with Crippen molar-refractivity contribution >= 4 is 22.0 Å². The number of halogens is 1. The van der Waals surface area contributed by atoms with E-state index in [4.69, 9.17) is 14.2 Å². The van der Waals surface area contributed by atoms with Crippen molar-refractivity contribution in [1.82, 2.24) is 4.90 Å². The van der Waals surface area contributed by atoms with E-state index in [1.165, 1.54) is 17.5 Å². The third-order valence-corrected chi connectivity index (χ3v) is 8.32. The van der Waals surface area contributed by atoms with Crippen LogP contribution in [0.2, 0.25) is 0 Å². The normalized spacial score (nSPS) is 24.1. The van der Waals surface area contributed by atoms with Crippen molar-refractivity contribution in [2.24, 2.45) is 17.8 Å². The number of carbonyl (C=O) groups excluding carboxylic acids is 1. The molecule has 6 heteroatoms. The molecule has 1 amide bonds. The predicted octanol–water partition coefficient (Wildman–Crippen LogP) is 7.21. The van der Waals surface area contributed by atoms with Gasteiger partial charge in [-0.2, -0.15) is 0 Å². The summed E-state index contributed by atoms with van der Waals surface area (Å²) < 4.78 is 18.5. The lowest BCUT2D eigenvalue weighted by Crippen LogP contribution is -2.45. The molecule has 1 heterocycles. The molecule has 0 N–H and O–H groups in total. The molecule has 0 saturated heterocycles. The maximum Gasteiger partial charge on any atom is 0.410 e. The molecule has 2 unspecified atom stereocenters. The number of benzene rings is 2. The van der Waals surface area contributed by atoms with Gasteiger partial charge < -0.3 is 19.1 Å². The summed E-state index contributed by atoms with van der Waals surface area (Å²) in [6.45, 7) is 7.38. The highest BCUT2D eigenvalue weighted by molar-refractivity contribution is 9.10. The molecule has 0 aromatic heterocycles. The Morgan fingerprint density at radius 3 is 2.43 bits per heavy atom. The van der Waals surface area contributed by atoms with E-state index in [0.29, 0.717) is 36.5 Å². The zero-order valence-electron chi connectivity index (χ0n) is 21.6. The van der Waals surface area contributed by atoms with E-state index in [1.807, 2.05) is 23.1 Å². The zero-order valence-corrected chi connectivity index (χ0v) is 23.1. The predicted molar refractivity (Wildman–Crippen MR) is 142 cm³/mol. The van der Waals surface area contributed by atoms with Crippen LogP contribution in [0, 0.1) is 17.8 Å². The van der Waals surface area contributed by atoms with Crippen molar-refractivity contribution in [3.63, 3.8) is 0 Å². The van der Waals surface area contributed by atoms with Crippen molar-refractivity contribution in [3.8, 4) is 11.5 Å². The molecule has 4 atom stereocenters. The van der Waals surface area contributed by atoms with Gasteiger partial charge in [0, 0.05) is 11.0 Å². The van der Waals surface area contributed by atoms with Crippen LogP contribution in [0.1, 0.15) is 62.8 Å². The highest BCUT2D eigenvalue weighted by Gasteiger charge is 2.38. The number of methoxy groups -OCH3 is 2. The van der Waals surface area contributed by atoms with Gasteiger partial charge >= 0.3 is 6.09 Å². The van der Waals surface area contributed by atoms with Crippen LogP contribution < -0.4 is 9.47 Å². The highest BCUT2D eigenvalue weighted by atomic mass is 79.9. The second-order valence-electron chi connectivity index (χ2n) is 10.4. The molecule has 35 heavy (non-hydrogen) atoms. The van der Waals surface area contributed by atoms with E-state index in [-0.39, 0.29) is 18.2 Å². The number of rotatable bonds is 6. The van der Waals surface area contributed by atoms with Crippen molar-refractivity contribution in [2.45, 2.75) is 65.0 Å². The Labute approximate surface area is 218 Å². The molecule has 1 saturated carbocycles. The monoisotopic (exact) mass is 543 g/mol. The smallest absolute Gasteiger partial charge is 0.410 e. The molecule has 0 radical (unpaired) electrons. The molecule has 2 aromatic rings. The van der Waals surface area contributed by atoms with E-state index in [0.717, 1.165) is 35.0 Å². The maximum atomic E-state index is 13.7. The fourth-order valence-electron chi connectivity index (χ4n) is 5.76. The van der Waals surface area contributed by atoms with Gasteiger partial charge in [0.1, 0.15) is 6.10 Å². The minimum atomic E-state index is -0.197. The first kappa shape index (κ1) is 25.9. The first-order chi connectivity index (χ1) is 16.8. The van der Waals surface area contributed by atoms with Gasteiger partial charge in [0.2, 0.25) is 0 Å². The van der Waals surface area contributed by atoms with Crippen LogP contribution in [-0.2, 0) is 17.6 Å². The molecule has 1 aliphatic carbocycles. The van der Waals surface area contributed by atoms with Crippen LogP contribution in [-0.4, -0.2) is 37.9 Å². The SMILES string of the molecule is COc1cc2c(cc1OC)C(Cc1ccc(Br)cc1)N(C(=O)O[C@H]1CC(C)CC[C@@H]1C(C)C)CC2. The van der Waals surface area contributed by atoms with Gasteiger partial charge in [-0.15, -0.1) is 0 Å². The minimum Gasteiger partial charge on any atom is -0.493 e. The molecule has 0 bridgehead atoms. The third kappa shape index (κ3) is 5.79. The summed E-state index contributed by atoms with van der Waals surface area (Å²) in [5, 5.41) is 0. The van der Waals surface area contributed by atoms with Crippen molar-refractivity contribution in [1.29, 1.82) is 0 Å². The van der Waals surface area contributed by atoms with Gasteiger partial charge in [0.25, 0.3) is 0 Å². The number of fused-ring (bicyclic) bond motifs is 1. The quantitative estimate of drug-likeness (QED) is 0.386. The second kappa shape index (κ2) is 11.2. The van der Waals surface area contributed by atoms with Crippen LogP contribution in [0.4, 0.5) is 4.79 Å². The first-order valence-corrected chi connectivity index (χ1v) is 13.6. The Morgan fingerprint density at radius 2 is 1.77 bits per heavy atom. The van der Waals surface area contributed by atoms with E-state index in [1.54, 1.807) is 14.2 Å². The number of amides is 1. The third-order valence-electron chi connectivity index (χ3n) is 7.79. The lowest BCUT2D eigenvalue weighted by Gasteiger charge is -2.41. The molecule has 2 aromatic carbocycles. The van der Waals surface area contributed by atoms with Gasteiger partial charge in [-0.25, -0.2) is 4.79 Å². The highest BCUT2D eigenvalue weighted by Crippen LogP contribution is 2.41. The van der Waals surface area contributed by atoms with Crippen LogP contribution >= 0.6 is 15.9 Å². The fraction of sp³-hybridized carbons (Fsp3) is 0.552. The minimum absolute atomic E-state index is 0.0219. The molecule has 0 spiro atoms. The van der Waals surface area contributed by atoms with Gasteiger partial charge in [-0.1, -0.05) is 55.3 Å². The van der Waals surface area contributed by atoms with E-state index in [2.05, 4.69) is 54.9 Å². The second-order valence-corrected chi connectivity index (χ2v) is 11.4. The molecule has 2 aliphatic rings. The van der Waals surface area contributed by atoms with Crippen LogP contribution in [0.5, 0.6) is 11.5 Å². The molecular formula is C29H38BrNO4. The van der Waals surface area contributed by atoms with Crippen LogP contribution in [0.3, 0.4) is 0 Å². The summed E-state index contributed by atoms with van der Waals surface area (Å²) in [7, 11) is 3.31. The number of carbonyl (C=O) groups is 1. The maximum absolute atomic E-state index is 13.7. The Bertz CT molecular complexity index is 1020. The molecule has 1 aliphatic heterocycles. The number of hydrogen-bond acceptors (Lipinski definition) is 4. The molecule has 1 fully saturated rings. The van der Waals surface area contributed by atoms with Gasteiger partial charge in [-0.05, 0) is 84.4 Å². The first-order valence-electron chi connectivity index (χ1n) is 12.8. The van der Waals surface area contributed by atoms with Crippen LogP contribution in [0.15, 0.2) is 40.9 Å².